The molecule has 1 aliphatic heterocycles. The van der Waals surface area contributed by atoms with E-state index in [4.69, 9.17) is 4.74 Å². The number of ether oxygens (including phenoxy) is 1. The summed E-state index contributed by atoms with van der Waals surface area (Å²) in [6, 6.07) is 9.34. The Morgan fingerprint density at radius 3 is 2.11 bits per heavy atom. The fraction of sp³-hybridized carbons (Fsp3) is 0.174. The van der Waals surface area contributed by atoms with Crippen molar-refractivity contribution in [3.63, 3.8) is 0 Å². The van der Waals surface area contributed by atoms with Gasteiger partial charge in [0.25, 0.3) is 21.5 Å². The standard InChI is InChI=1S/C23H15F7N2O5S/c24-17-9-13(21(34,22(25,26)27)23(28,29)30)3-7-16(17)12-1-4-14(5-2-12)32-38(35,36)15-6-8-19-18(10-15)31-20(33)11-37-19/h1-10,32,34H,11H2,(H,31,33). The van der Waals surface area contributed by atoms with E-state index in [0.717, 1.165) is 0 Å². The highest BCUT2D eigenvalue weighted by Gasteiger charge is 2.71. The van der Waals surface area contributed by atoms with E-state index < -0.39 is 50.8 Å². The highest BCUT2D eigenvalue weighted by Crippen LogP contribution is 2.50. The minimum Gasteiger partial charge on any atom is -0.482 e. The number of nitrogens with one attached hydrogen (secondary N) is 2. The van der Waals surface area contributed by atoms with E-state index in [1.54, 1.807) is 0 Å². The summed E-state index contributed by atoms with van der Waals surface area (Å²) >= 11 is 0. The summed E-state index contributed by atoms with van der Waals surface area (Å²) in [5, 5.41) is 11.9. The molecule has 3 aromatic carbocycles. The summed E-state index contributed by atoms with van der Waals surface area (Å²) in [5.74, 6) is -1.69. The summed E-state index contributed by atoms with van der Waals surface area (Å²) in [5.41, 5.74) is -7.32. The zero-order valence-electron chi connectivity index (χ0n) is 18.6. The van der Waals surface area contributed by atoms with Crippen LogP contribution in [0.3, 0.4) is 0 Å². The average Bonchev–Trinajstić information content (AvgIpc) is 2.82. The molecule has 0 atom stereocenters. The first-order chi connectivity index (χ1) is 17.5. The Labute approximate surface area is 209 Å². The fourth-order valence-electron chi connectivity index (χ4n) is 3.62. The van der Waals surface area contributed by atoms with E-state index in [0.29, 0.717) is 12.1 Å². The Balaban J connectivity index is 1.58. The van der Waals surface area contributed by atoms with Crippen LogP contribution < -0.4 is 14.8 Å². The predicted octanol–water partition coefficient (Wildman–Crippen LogP) is 4.94. The van der Waals surface area contributed by atoms with E-state index in [-0.39, 0.29) is 40.3 Å². The number of alkyl halides is 6. The Morgan fingerprint density at radius 1 is 0.895 bits per heavy atom. The zero-order chi connectivity index (χ0) is 28.1. The number of hydrogen-bond donors (Lipinski definition) is 3. The van der Waals surface area contributed by atoms with Crippen molar-refractivity contribution in [2.24, 2.45) is 0 Å². The number of sulfonamides is 1. The van der Waals surface area contributed by atoms with Crippen LogP contribution in [0.1, 0.15) is 5.56 Å². The van der Waals surface area contributed by atoms with Crippen LogP contribution in [0.2, 0.25) is 0 Å². The van der Waals surface area contributed by atoms with Crippen molar-refractivity contribution >= 4 is 27.3 Å². The number of fused-ring (bicyclic) bond motifs is 1. The molecule has 3 aromatic rings. The van der Waals surface area contributed by atoms with Crippen LogP contribution in [0.25, 0.3) is 11.1 Å². The molecule has 0 unspecified atom stereocenters. The zero-order valence-corrected chi connectivity index (χ0v) is 19.4. The van der Waals surface area contributed by atoms with Crippen LogP contribution in [-0.2, 0) is 20.4 Å². The van der Waals surface area contributed by atoms with Gasteiger partial charge in [-0.2, -0.15) is 26.3 Å². The number of rotatable bonds is 5. The normalized spacial score (nSPS) is 14.4. The second-order valence-electron chi connectivity index (χ2n) is 8.08. The molecule has 3 N–H and O–H groups in total. The van der Waals surface area contributed by atoms with Crippen molar-refractivity contribution in [1.82, 2.24) is 0 Å². The average molecular weight is 564 g/mol. The number of carbonyl (C=O) groups excluding carboxylic acids is 1. The third kappa shape index (κ3) is 4.86. The topological polar surface area (TPSA) is 105 Å². The summed E-state index contributed by atoms with van der Waals surface area (Å²) < 4.78 is 126. The van der Waals surface area contributed by atoms with Crippen molar-refractivity contribution in [2.75, 3.05) is 16.6 Å². The molecule has 1 heterocycles. The maximum atomic E-state index is 14.6. The van der Waals surface area contributed by atoms with Gasteiger partial charge in [-0.25, -0.2) is 12.8 Å². The first kappa shape index (κ1) is 27.2. The first-order valence-electron chi connectivity index (χ1n) is 10.4. The van der Waals surface area contributed by atoms with Crippen molar-refractivity contribution in [2.45, 2.75) is 22.8 Å². The lowest BCUT2D eigenvalue weighted by atomic mass is 9.90. The maximum absolute atomic E-state index is 14.6. The Morgan fingerprint density at radius 2 is 1.53 bits per heavy atom. The van der Waals surface area contributed by atoms with Crippen LogP contribution >= 0.6 is 0 Å². The number of anilines is 2. The fourth-order valence-corrected chi connectivity index (χ4v) is 4.71. The molecule has 0 spiro atoms. The van der Waals surface area contributed by atoms with Gasteiger partial charge < -0.3 is 15.2 Å². The molecule has 1 amide bonds. The van der Waals surface area contributed by atoms with Crippen molar-refractivity contribution in [3.8, 4) is 16.9 Å². The minimum absolute atomic E-state index is 0.00630. The van der Waals surface area contributed by atoms with Crippen LogP contribution in [0.4, 0.5) is 42.1 Å². The number of amides is 1. The van der Waals surface area contributed by atoms with Gasteiger partial charge in [-0.1, -0.05) is 24.3 Å². The summed E-state index contributed by atoms with van der Waals surface area (Å²) in [6.45, 7) is -0.224. The SMILES string of the molecule is O=C1COc2ccc(S(=O)(=O)Nc3ccc(-c4ccc(C(O)(C(F)(F)F)C(F)(F)F)cc4F)cc3)cc2N1. The van der Waals surface area contributed by atoms with Gasteiger partial charge in [-0.15, -0.1) is 0 Å². The number of hydrogen-bond acceptors (Lipinski definition) is 5. The molecule has 202 valence electrons. The van der Waals surface area contributed by atoms with Gasteiger partial charge in [0.15, 0.2) is 6.61 Å². The molecular weight excluding hydrogens is 549 g/mol. The van der Waals surface area contributed by atoms with Crippen LogP contribution in [-0.4, -0.2) is 38.4 Å². The van der Waals surface area contributed by atoms with Crippen LogP contribution in [0.15, 0.2) is 65.6 Å². The molecule has 4 rings (SSSR count). The third-order valence-corrected chi connectivity index (χ3v) is 6.93. The van der Waals surface area contributed by atoms with Gasteiger partial charge in [0.05, 0.1) is 10.6 Å². The third-order valence-electron chi connectivity index (χ3n) is 5.55. The monoisotopic (exact) mass is 564 g/mol. The molecule has 0 saturated carbocycles. The maximum Gasteiger partial charge on any atom is 0.430 e. The minimum atomic E-state index is -6.17. The lowest BCUT2D eigenvalue weighted by Crippen LogP contribution is -2.53. The smallest absolute Gasteiger partial charge is 0.430 e. The first-order valence-corrected chi connectivity index (χ1v) is 11.9. The number of aliphatic hydroxyl groups is 1. The van der Waals surface area contributed by atoms with E-state index in [1.807, 2.05) is 0 Å². The van der Waals surface area contributed by atoms with E-state index in [1.165, 1.54) is 42.5 Å². The second-order valence-corrected chi connectivity index (χ2v) is 9.76. The van der Waals surface area contributed by atoms with E-state index in [2.05, 4.69) is 10.0 Å². The summed E-state index contributed by atoms with van der Waals surface area (Å²) in [4.78, 5) is 11.2. The quantitative estimate of drug-likeness (QED) is 0.381. The number of carbonyl (C=O) groups is 1. The largest absolute Gasteiger partial charge is 0.482 e. The van der Waals surface area contributed by atoms with E-state index >= 15 is 0 Å². The van der Waals surface area contributed by atoms with Crippen molar-refractivity contribution in [1.29, 1.82) is 0 Å². The molecule has 0 radical (unpaired) electrons. The van der Waals surface area contributed by atoms with Crippen molar-refractivity contribution < 1.29 is 53.8 Å². The number of benzene rings is 3. The Bertz CT molecular complexity index is 1490. The van der Waals surface area contributed by atoms with Gasteiger partial charge in [0.1, 0.15) is 11.6 Å². The highest BCUT2D eigenvalue weighted by atomic mass is 32.2. The van der Waals surface area contributed by atoms with Crippen molar-refractivity contribution in [3.05, 3.63) is 72.0 Å². The molecule has 0 bridgehead atoms. The van der Waals surface area contributed by atoms with Gasteiger partial charge in [-0.05, 0) is 42.0 Å². The Hall–Kier alpha value is -3.85. The molecule has 0 aliphatic carbocycles. The summed E-state index contributed by atoms with van der Waals surface area (Å²) in [7, 11) is -4.17. The molecule has 15 heteroatoms. The molecule has 1 aliphatic rings. The Kier molecular flexibility index (Phi) is 6.56. The van der Waals surface area contributed by atoms with E-state index in [9.17, 15) is 49.1 Å². The van der Waals surface area contributed by atoms with Gasteiger partial charge >= 0.3 is 12.4 Å². The molecule has 0 saturated heterocycles. The highest BCUT2D eigenvalue weighted by molar-refractivity contribution is 7.92. The molecule has 38 heavy (non-hydrogen) atoms. The second kappa shape index (κ2) is 9.16. The lowest BCUT2D eigenvalue weighted by molar-refractivity contribution is -0.376. The van der Waals surface area contributed by atoms with Gasteiger partial charge in [0, 0.05) is 16.8 Å². The molecular formula is C23H15F7N2O5S. The molecule has 0 fully saturated rings. The molecule has 7 nitrogen and oxygen atoms in total. The number of halogens is 7. The van der Waals surface area contributed by atoms with Crippen LogP contribution in [0.5, 0.6) is 5.75 Å². The van der Waals surface area contributed by atoms with Gasteiger partial charge in [-0.3, -0.25) is 9.52 Å². The lowest BCUT2D eigenvalue weighted by Gasteiger charge is -2.32. The molecule has 0 aromatic heterocycles. The summed E-state index contributed by atoms with van der Waals surface area (Å²) in [6.07, 6.45) is -12.3. The van der Waals surface area contributed by atoms with Gasteiger partial charge in [0.2, 0.25) is 0 Å². The van der Waals surface area contributed by atoms with Crippen LogP contribution in [0, 0.1) is 5.82 Å². The predicted molar refractivity (Wildman–Crippen MR) is 119 cm³/mol.